The number of aromatic nitrogens is 2. The summed E-state index contributed by atoms with van der Waals surface area (Å²) in [5.74, 6) is -0.820. The smallest absolute Gasteiger partial charge is 0.309 e. The molecule has 0 fully saturated rings. The summed E-state index contributed by atoms with van der Waals surface area (Å²) in [5, 5.41) is 9.53. The average Bonchev–Trinajstić information content (AvgIpc) is 2.18. The minimum Gasteiger partial charge on any atom is -0.481 e. The molecular weight excluding hydrogens is 206 g/mol. The number of carboxylic acid groups (broad SMARTS) is 1. The Balaban J connectivity index is 2.72. The molecule has 0 amide bonds. The second-order valence-corrected chi connectivity index (χ2v) is 3.57. The van der Waals surface area contributed by atoms with Crippen molar-refractivity contribution in [1.82, 2.24) is 9.97 Å². The third kappa shape index (κ3) is 1.79. The maximum absolute atomic E-state index is 10.7. The highest BCUT2D eigenvalue weighted by molar-refractivity contribution is 5.87. The van der Waals surface area contributed by atoms with Crippen molar-refractivity contribution in [3.63, 3.8) is 0 Å². The van der Waals surface area contributed by atoms with Crippen molar-refractivity contribution >= 4 is 22.8 Å². The number of hydrogen-bond donors (Lipinski definition) is 2. The fraction of sp³-hybridized carbons (Fsp3) is 0.182. The molecule has 3 N–H and O–H groups in total. The first-order chi connectivity index (χ1) is 7.58. The molecule has 82 valence electrons. The molecule has 0 saturated carbocycles. The van der Waals surface area contributed by atoms with Crippen molar-refractivity contribution in [1.29, 1.82) is 0 Å². The van der Waals surface area contributed by atoms with Crippen LogP contribution in [-0.4, -0.2) is 21.0 Å². The number of rotatable bonds is 2. The number of hydrogen-bond acceptors (Lipinski definition) is 4. The van der Waals surface area contributed by atoms with Gasteiger partial charge in [-0.3, -0.25) is 4.79 Å². The second kappa shape index (κ2) is 3.77. The predicted octanol–water partition coefficient (Wildman–Crippen LogP) is 1.15. The molecule has 2 rings (SSSR count). The van der Waals surface area contributed by atoms with Crippen LogP contribution in [0.5, 0.6) is 0 Å². The van der Waals surface area contributed by atoms with Crippen molar-refractivity contribution in [2.75, 3.05) is 5.73 Å². The Morgan fingerprint density at radius 3 is 2.88 bits per heavy atom. The van der Waals surface area contributed by atoms with Crippen LogP contribution in [0.25, 0.3) is 10.9 Å². The van der Waals surface area contributed by atoms with Gasteiger partial charge in [0, 0.05) is 5.39 Å². The maximum atomic E-state index is 10.7. The quantitative estimate of drug-likeness (QED) is 0.787. The first-order valence-electron chi connectivity index (χ1n) is 4.81. The lowest BCUT2D eigenvalue weighted by Gasteiger charge is -2.06. The summed E-state index contributed by atoms with van der Waals surface area (Å²) >= 11 is 0. The minimum atomic E-state index is -0.930. The number of nitrogen functional groups attached to an aromatic ring is 1. The molecule has 5 nitrogen and oxygen atoms in total. The van der Waals surface area contributed by atoms with Crippen molar-refractivity contribution in [3.8, 4) is 0 Å². The van der Waals surface area contributed by atoms with Crippen LogP contribution in [0.15, 0.2) is 18.2 Å². The fourth-order valence-electron chi connectivity index (χ4n) is 1.66. The Morgan fingerprint density at radius 1 is 1.44 bits per heavy atom. The molecule has 0 bridgehead atoms. The number of para-hydroxylation sites is 1. The van der Waals surface area contributed by atoms with E-state index in [2.05, 4.69) is 9.97 Å². The van der Waals surface area contributed by atoms with Gasteiger partial charge >= 0.3 is 5.97 Å². The summed E-state index contributed by atoms with van der Waals surface area (Å²) in [7, 11) is 0. The van der Waals surface area contributed by atoms with Gasteiger partial charge in [0.2, 0.25) is 5.95 Å². The van der Waals surface area contributed by atoms with Gasteiger partial charge in [0.1, 0.15) is 0 Å². The summed E-state index contributed by atoms with van der Waals surface area (Å²) in [6.45, 7) is 1.90. The lowest BCUT2D eigenvalue weighted by atomic mass is 10.1. The Labute approximate surface area is 91.9 Å². The molecule has 0 aliphatic heterocycles. The number of benzene rings is 1. The standard InChI is InChI=1S/C11H11N3O2/c1-6-3-2-4-7-8(5-9(15)16)13-11(12)14-10(6)7/h2-4H,5H2,1H3,(H,15,16)(H2,12,13,14). The van der Waals surface area contributed by atoms with E-state index in [1.165, 1.54) is 0 Å². The van der Waals surface area contributed by atoms with E-state index in [0.717, 1.165) is 10.9 Å². The molecule has 0 radical (unpaired) electrons. The van der Waals surface area contributed by atoms with Crippen LogP contribution in [0.3, 0.4) is 0 Å². The molecule has 0 aliphatic carbocycles. The van der Waals surface area contributed by atoms with Gasteiger partial charge in [-0.05, 0) is 12.5 Å². The fourth-order valence-corrected chi connectivity index (χ4v) is 1.66. The highest BCUT2D eigenvalue weighted by Gasteiger charge is 2.10. The largest absolute Gasteiger partial charge is 0.481 e. The topological polar surface area (TPSA) is 89.1 Å². The van der Waals surface area contributed by atoms with Crippen LogP contribution in [-0.2, 0) is 11.2 Å². The number of fused-ring (bicyclic) bond motifs is 1. The van der Waals surface area contributed by atoms with Crippen LogP contribution in [0, 0.1) is 6.92 Å². The van der Waals surface area contributed by atoms with Crippen LogP contribution in [0.1, 0.15) is 11.3 Å². The summed E-state index contributed by atoms with van der Waals surface area (Å²) in [5.41, 5.74) is 7.68. The molecule has 1 heterocycles. The van der Waals surface area contributed by atoms with Crippen molar-refractivity contribution in [2.45, 2.75) is 13.3 Å². The van der Waals surface area contributed by atoms with E-state index < -0.39 is 5.97 Å². The Hall–Kier alpha value is -2.17. The van der Waals surface area contributed by atoms with Crippen LogP contribution >= 0.6 is 0 Å². The SMILES string of the molecule is Cc1cccc2c(CC(=O)O)nc(N)nc12. The first-order valence-corrected chi connectivity index (χ1v) is 4.81. The van der Waals surface area contributed by atoms with E-state index in [1.807, 2.05) is 19.1 Å². The lowest BCUT2D eigenvalue weighted by Crippen LogP contribution is -2.07. The van der Waals surface area contributed by atoms with E-state index in [1.54, 1.807) is 6.07 Å². The molecule has 0 saturated heterocycles. The van der Waals surface area contributed by atoms with Gasteiger partial charge in [-0.2, -0.15) is 0 Å². The summed E-state index contributed by atoms with van der Waals surface area (Å²) in [6, 6.07) is 5.56. The second-order valence-electron chi connectivity index (χ2n) is 3.57. The number of anilines is 1. The molecule has 2 aromatic rings. The van der Waals surface area contributed by atoms with Gasteiger partial charge in [0.15, 0.2) is 0 Å². The molecule has 16 heavy (non-hydrogen) atoms. The van der Waals surface area contributed by atoms with E-state index in [0.29, 0.717) is 11.2 Å². The highest BCUT2D eigenvalue weighted by atomic mass is 16.4. The van der Waals surface area contributed by atoms with E-state index >= 15 is 0 Å². The summed E-state index contributed by atoms with van der Waals surface area (Å²) < 4.78 is 0. The number of carbonyl (C=O) groups is 1. The van der Waals surface area contributed by atoms with Crippen molar-refractivity contribution in [2.24, 2.45) is 0 Å². The van der Waals surface area contributed by atoms with Gasteiger partial charge in [-0.1, -0.05) is 18.2 Å². The molecule has 0 unspecified atom stereocenters. The first kappa shape index (κ1) is 10.4. The van der Waals surface area contributed by atoms with Crippen molar-refractivity contribution in [3.05, 3.63) is 29.5 Å². The number of aliphatic carboxylic acids is 1. The normalized spacial score (nSPS) is 10.6. The summed E-state index contributed by atoms with van der Waals surface area (Å²) in [4.78, 5) is 18.8. The number of nitrogens with two attached hydrogens (primary N) is 1. The Kier molecular flexibility index (Phi) is 2.44. The van der Waals surface area contributed by atoms with Gasteiger partial charge < -0.3 is 10.8 Å². The zero-order valence-corrected chi connectivity index (χ0v) is 8.77. The van der Waals surface area contributed by atoms with E-state index in [-0.39, 0.29) is 12.4 Å². The average molecular weight is 217 g/mol. The third-order valence-corrected chi connectivity index (χ3v) is 2.34. The maximum Gasteiger partial charge on any atom is 0.309 e. The van der Waals surface area contributed by atoms with Crippen LogP contribution < -0.4 is 5.73 Å². The Bertz CT molecular complexity index is 566. The van der Waals surface area contributed by atoms with Crippen LogP contribution in [0.4, 0.5) is 5.95 Å². The summed E-state index contributed by atoms with van der Waals surface area (Å²) in [6.07, 6.45) is -0.146. The molecule has 0 aliphatic rings. The lowest BCUT2D eigenvalue weighted by molar-refractivity contribution is -0.136. The molecule has 1 aromatic heterocycles. The number of nitrogens with zero attached hydrogens (tertiary/aromatic N) is 2. The van der Waals surface area contributed by atoms with Gasteiger partial charge in [0.25, 0.3) is 0 Å². The third-order valence-electron chi connectivity index (χ3n) is 2.34. The van der Waals surface area contributed by atoms with E-state index in [9.17, 15) is 4.79 Å². The van der Waals surface area contributed by atoms with Gasteiger partial charge in [-0.15, -0.1) is 0 Å². The molecule has 1 aromatic carbocycles. The highest BCUT2D eigenvalue weighted by Crippen LogP contribution is 2.20. The minimum absolute atomic E-state index is 0.109. The number of carboxylic acids is 1. The molecular formula is C11H11N3O2. The predicted molar refractivity (Wildman–Crippen MR) is 60.0 cm³/mol. The van der Waals surface area contributed by atoms with Gasteiger partial charge in [-0.25, -0.2) is 9.97 Å². The molecule has 0 spiro atoms. The molecule has 5 heteroatoms. The number of aryl methyl sites for hydroxylation is 1. The Morgan fingerprint density at radius 2 is 2.19 bits per heavy atom. The zero-order valence-electron chi connectivity index (χ0n) is 8.77. The molecule has 0 atom stereocenters. The van der Waals surface area contributed by atoms with Gasteiger partial charge in [0.05, 0.1) is 17.6 Å². The van der Waals surface area contributed by atoms with Crippen LogP contribution in [0.2, 0.25) is 0 Å². The van der Waals surface area contributed by atoms with E-state index in [4.69, 9.17) is 10.8 Å². The zero-order chi connectivity index (χ0) is 11.7. The van der Waals surface area contributed by atoms with Crippen molar-refractivity contribution < 1.29 is 9.90 Å². The monoisotopic (exact) mass is 217 g/mol.